The van der Waals surface area contributed by atoms with E-state index in [-0.39, 0.29) is 5.89 Å². The molecule has 0 saturated carbocycles. The molecule has 0 aliphatic heterocycles. The van der Waals surface area contributed by atoms with Gasteiger partial charge in [-0.05, 0) is 30.7 Å². The van der Waals surface area contributed by atoms with Gasteiger partial charge in [0.15, 0.2) is 0 Å². The Morgan fingerprint density at radius 3 is 2.82 bits per heavy atom. The van der Waals surface area contributed by atoms with Crippen LogP contribution in [-0.4, -0.2) is 23.3 Å². The summed E-state index contributed by atoms with van der Waals surface area (Å²) in [5.74, 6) is -0.487. The van der Waals surface area contributed by atoms with E-state index >= 15 is 0 Å². The highest BCUT2D eigenvalue weighted by Gasteiger charge is 2.17. The van der Waals surface area contributed by atoms with Crippen LogP contribution in [0.2, 0.25) is 0 Å². The summed E-state index contributed by atoms with van der Waals surface area (Å²) in [6.45, 7) is 1.92. The lowest BCUT2D eigenvalue weighted by Crippen LogP contribution is -2.00. The summed E-state index contributed by atoms with van der Waals surface area (Å²) in [5.41, 5.74) is 1.76. The smallest absolute Gasteiger partial charge is 0.396 e. The second-order valence-electron chi connectivity index (χ2n) is 3.36. The summed E-state index contributed by atoms with van der Waals surface area (Å²) in [6, 6.07) is 5.63. The van der Waals surface area contributed by atoms with Crippen LogP contribution in [0, 0.1) is 6.92 Å². The van der Waals surface area contributed by atoms with Crippen LogP contribution in [0.3, 0.4) is 0 Å². The minimum Gasteiger partial charge on any atom is -0.462 e. The van der Waals surface area contributed by atoms with Gasteiger partial charge in [-0.3, -0.25) is 0 Å². The number of carbonyl (C=O) groups excluding carboxylic acids is 1. The van der Waals surface area contributed by atoms with E-state index in [4.69, 9.17) is 4.42 Å². The van der Waals surface area contributed by atoms with Crippen LogP contribution in [0.4, 0.5) is 0 Å². The molecule has 0 unspecified atom stereocenters. The maximum absolute atomic E-state index is 11.2. The molecule has 1 aromatic carbocycles. The van der Waals surface area contributed by atoms with Gasteiger partial charge in [-0.1, -0.05) is 15.9 Å². The minimum absolute atomic E-state index is 0.148. The van der Waals surface area contributed by atoms with Gasteiger partial charge in [0.25, 0.3) is 0 Å². The molecule has 2 rings (SSSR count). The molecule has 88 valence electrons. The molecule has 0 amide bonds. The van der Waals surface area contributed by atoms with Gasteiger partial charge in [0.05, 0.1) is 7.11 Å². The van der Waals surface area contributed by atoms with Crippen molar-refractivity contribution in [1.29, 1.82) is 0 Å². The predicted molar refractivity (Wildman–Crippen MR) is 63.5 cm³/mol. The zero-order valence-corrected chi connectivity index (χ0v) is 10.8. The van der Waals surface area contributed by atoms with E-state index in [1.165, 1.54) is 7.11 Å². The second-order valence-corrected chi connectivity index (χ2v) is 4.28. The summed E-state index contributed by atoms with van der Waals surface area (Å²) in [7, 11) is 1.26. The van der Waals surface area contributed by atoms with Gasteiger partial charge in [0.1, 0.15) is 0 Å². The fourth-order valence-electron chi connectivity index (χ4n) is 1.37. The van der Waals surface area contributed by atoms with Gasteiger partial charge in [-0.15, -0.1) is 10.2 Å². The Kier molecular flexibility index (Phi) is 3.23. The van der Waals surface area contributed by atoms with Gasteiger partial charge in [-0.2, -0.15) is 0 Å². The molecular weight excluding hydrogens is 288 g/mol. The van der Waals surface area contributed by atoms with Crippen molar-refractivity contribution in [3.05, 3.63) is 34.1 Å². The normalized spacial score (nSPS) is 10.3. The van der Waals surface area contributed by atoms with Gasteiger partial charge < -0.3 is 9.15 Å². The molecule has 1 heterocycles. The SMILES string of the molecule is COC(=O)c1nnc(-c2ccc(Br)cc2C)o1. The first kappa shape index (κ1) is 11.8. The molecule has 0 fully saturated rings. The van der Waals surface area contributed by atoms with Crippen molar-refractivity contribution in [1.82, 2.24) is 10.2 Å². The molecule has 17 heavy (non-hydrogen) atoms. The van der Waals surface area contributed by atoms with Crippen molar-refractivity contribution in [3.8, 4) is 11.5 Å². The first-order valence-electron chi connectivity index (χ1n) is 4.80. The second kappa shape index (κ2) is 4.67. The lowest BCUT2D eigenvalue weighted by Gasteiger charge is -2.00. The molecule has 6 heteroatoms. The summed E-state index contributed by atoms with van der Waals surface area (Å²) in [5, 5.41) is 7.44. The number of nitrogens with zero attached hydrogens (tertiary/aromatic N) is 2. The standard InChI is InChI=1S/C11H9BrN2O3/c1-6-5-7(12)3-4-8(6)9-13-14-10(17-9)11(15)16-2/h3-5H,1-2H3. The minimum atomic E-state index is -0.640. The molecule has 0 radical (unpaired) electrons. The molecule has 2 aromatic rings. The molecular formula is C11H9BrN2O3. The Labute approximate surface area is 106 Å². The van der Waals surface area contributed by atoms with E-state index in [1.54, 1.807) is 0 Å². The van der Waals surface area contributed by atoms with E-state index in [9.17, 15) is 4.79 Å². The van der Waals surface area contributed by atoms with Crippen molar-refractivity contribution < 1.29 is 13.9 Å². The highest BCUT2D eigenvalue weighted by Crippen LogP contribution is 2.25. The van der Waals surface area contributed by atoms with Crippen LogP contribution >= 0.6 is 15.9 Å². The van der Waals surface area contributed by atoms with Gasteiger partial charge in [0, 0.05) is 10.0 Å². The first-order valence-corrected chi connectivity index (χ1v) is 5.59. The highest BCUT2D eigenvalue weighted by atomic mass is 79.9. The number of halogens is 1. The van der Waals surface area contributed by atoms with Crippen LogP contribution in [0.25, 0.3) is 11.5 Å². The molecule has 0 atom stereocenters. The number of esters is 1. The third-order valence-electron chi connectivity index (χ3n) is 2.20. The van der Waals surface area contributed by atoms with E-state index < -0.39 is 5.97 Å². The Morgan fingerprint density at radius 2 is 2.18 bits per heavy atom. The lowest BCUT2D eigenvalue weighted by atomic mass is 10.1. The average Bonchev–Trinajstić information content (AvgIpc) is 2.77. The average molecular weight is 297 g/mol. The van der Waals surface area contributed by atoms with E-state index in [1.807, 2.05) is 25.1 Å². The van der Waals surface area contributed by atoms with Crippen LogP contribution in [-0.2, 0) is 4.74 Å². The summed E-state index contributed by atoms with van der Waals surface area (Å²) in [6.07, 6.45) is 0. The van der Waals surface area contributed by atoms with Crippen LogP contribution in [0.5, 0.6) is 0 Å². The van der Waals surface area contributed by atoms with Crippen molar-refractivity contribution >= 4 is 21.9 Å². The van der Waals surface area contributed by atoms with E-state index in [0.29, 0.717) is 5.89 Å². The zero-order chi connectivity index (χ0) is 12.4. The summed E-state index contributed by atoms with van der Waals surface area (Å²) in [4.78, 5) is 11.2. The van der Waals surface area contributed by atoms with E-state index in [2.05, 4.69) is 30.9 Å². The van der Waals surface area contributed by atoms with Crippen LogP contribution in [0.1, 0.15) is 16.2 Å². The monoisotopic (exact) mass is 296 g/mol. The topological polar surface area (TPSA) is 65.2 Å². The fraction of sp³-hybridized carbons (Fsp3) is 0.182. The summed E-state index contributed by atoms with van der Waals surface area (Å²) >= 11 is 3.37. The number of hydrogen-bond donors (Lipinski definition) is 0. The molecule has 0 aliphatic rings. The maximum atomic E-state index is 11.2. The summed E-state index contributed by atoms with van der Waals surface area (Å²) < 4.78 is 10.7. The third kappa shape index (κ3) is 2.36. The number of carbonyl (C=O) groups is 1. The number of benzene rings is 1. The number of ether oxygens (including phenoxy) is 1. The number of hydrogen-bond acceptors (Lipinski definition) is 5. The van der Waals surface area contributed by atoms with Gasteiger partial charge >= 0.3 is 11.9 Å². The number of methoxy groups -OCH3 is 1. The fourth-order valence-corrected chi connectivity index (χ4v) is 1.84. The molecule has 0 spiro atoms. The Bertz CT molecular complexity index is 566. The maximum Gasteiger partial charge on any atom is 0.396 e. The Morgan fingerprint density at radius 1 is 1.41 bits per heavy atom. The van der Waals surface area contributed by atoms with Gasteiger partial charge in [-0.25, -0.2) is 4.79 Å². The predicted octanol–water partition coefficient (Wildman–Crippen LogP) is 2.59. The zero-order valence-electron chi connectivity index (χ0n) is 9.23. The number of rotatable bonds is 2. The molecule has 0 aliphatic carbocycles. The third-order valence-corrected chi connectivity index (χ3v) is 2.70. The van der Waals surface area contributed by atoms with Crippen molar-refractivity contribution in [2.24, 2.45) is 0 Å². The molecule has 0 saturated heterocycles. The molecule has 1 aromatic heterocycles. The molecule has 0 N–H and O–H groups in total. The van der Waals surface area contributed by atoms with Crippen LogP contribution < -0.4 is 0 Å². The molecule has 0 bridgehead atoms. The van der Waals surface area contributed by atoms with Crippen molar-refractivity contribution in [2.75, 3.05) is 7.11 Å². The first-order chi connectivity index (χ1) is 8.11. The Balaban J connectivity index is 2.40. The molecule has 5 nitrogen and oxygen atoms in total. The van der Waals surface area contributed by atoms with Gasteiger partial charge in [0.2, 0.25) is 5.89 Å². The number of aromatic nitrogens is 2. The lowest BCUT2D eigenvalue weighted by molar-refractivity contribution is 0.0556. The highest BCUT2D eigenvalue weighted by molar-refractivity contribution is 9.10. The van der Waals surface area contributed by atoms with Crippen molar-refractivity contribution in [3.63, 3.8) is 0 Å². The van der Waals surface area contributed by atoms with E-state index in [0.717, 1.165) is 15.6 Å². The number of aryl methyl sites for hydroxylation is 1. The van der Waals surface area contributed by atoms with Crippen molar-refractivity contribution in [2.45, 2.75) is 6.92 Å². The van der Waals surface area contributed by atoms with Crippen LogP contribution in [0.15, 0.2) is 27.1 Å². The quantitative estimate of drug-likeness (QED) is 0.797. The Hall–Kier alpha value is -1.69. The largest absolute Gasteiger partial charge is 0.462 e.